The first-order valence-electron chi connectivity index (χ1n) is 7.27. The first-order valence-corrected chi connectivity index (χ1v) is 13.6. The van der Waals surface area contributed by atoms with Crippen molar-refractivity contribution in [3.8, 4) is 11.5 Å². The molecule has 0 heterocycles. The molecule has 0 bridgehead atoms. The van der Waals surface area contributed by atoms with Crippen LogP contribution >= 0.6 is 17.0 Å². The van der Waals surface area contributed by atoms with E-state index < -0.39 is 20.8 Å². The number of hydrogen-bond acceptors (Lipinski definition) is 3. The number of aliphatic imine (C=N–C) groups is 1. The maximum atomic E-state index is 10.6. The van der Waals surface area contributed by atoms with Crippen molar-refractivity contribution < 1.29 is 30.7 Å². The number of rotatable bonds is 4. The van der Waals surface area contributed by atoms with Crippen LogP contribution in [0.4, 0.5) is 0 Å². The molecule has 128 valence electrons. The fourth-order valence-electron chi connectivity index (χ4n) is 2.47. The van der Waals surface area contributed by atoms with E-state index >= 15 is 0 Å². The van der Waals surface area contributed by atoms with Crippen LogP contribution in [0.1, 0.15) is 30.5 Å². The molecule has 0 saturated carbocycles. The Hall–Kier alpha value is -0.827. The average Bonchev–Trinajstić information content (AvgIpc) is 2.58. The molecular formula is C18H21Cl2NO2Zr. The maximum absolute atomic E-state index is 10.6. The van der Waals surface area contributed by atoms with Gasteiger partial charge in [-0.25, -0.2) is 0 Å². The van der Waals surface area contributed by atoms with E-state index in [9.17, 15) is 5.11 Å². The summed E-state index contributed by atoms with van der Waals surface area (Å²) >= 11 is -0.826. The standard InChI is InChI=1S/C18H21NO2.2ClH.Zr/c1-18(2,14-8-6-5-7-9-14)16-11-15(21-4)10-13(12-19-3)17(16)20;;;/h5-12,20H,1-4H3;2*1H;/q;;;+2/p-2. The second kappa shape index (κ2) is 10.2. The van der Waals surface area contributed by atoms with Crippen molar-refractivity contribution >= 4 is 23.2 Å². The van der Waals surface area contributed by atoms with Crippen LogP contribution in [0, 0.1) is 0 Å². The molecule has 0 amide bonds. The zero-order valence-electron chi connectivity index (χ0n) is 14.2. The molecular weight excluding hydrogens is 424 g/mol. The third-order valence-corrected chi connectivity index (χ3v) is 3.79. The van der Waals surface area contributed by atoms with Gasteiger partial charge in [-0.2, -0.15) is 0 Å². The van der Waals surface area contributed by atoms with Gasteiger partial charge in [0.05, 0.1) is 7.11 Å². The van der Waals surface area contributed by atoms with Crippen LogP contribution in [0.3, 0.4) is 0 Å². The fourth-order valence-corrected chi connectivity index (χ4v) is 2.47. The summed E-state index contributed by atoms with van der Waals surface area (Å²) in [6.07, 6.45) is 1.64. The van der Waals surface area contributed by atoms with Gasteiger partial charge < -0.3 is 9.84 Å². The Kier molecular flexibility index (Phi) is 9.04. The molecule has 2 aromatic rings. The molecule has 1 N–H and O–H groups in total. The van der Waals surface area contributed by atoms with E-state index in [2.05, 4.69) is 31.0 Å². The number of nitrogens with zero attached hydrogens (tertiary/aromatic N) is 1. The van der Waals surface area contributed by atoms with Crippen LogP contribution in [0.15, 0.2) is 47.5 Å². The van der Waals surface area contributed by atoms with Crippen LogP contribution in [0.5, 0.6) is 11.5 Å². The number of hydrogen-bond donors (Lipinski definition) is 1. The summed E-state index contributed by atoms with van der Waals surface area (Å²) < 4.78 is 5.36. The Labute approximate surface area is 162 Å². The summed E-state index contributed by atoms with van der Waals surface area (Å²) in [5.41, 5.74) is 2.28. The SMILES string of the molecule is CN=Cc1cc(OC)cc(C(C)(C)c2ccccc2)c1O.[Cl][Zr][Cl]. The van der Waals surface area contributed by atoms with E-state index in [1.54, 1.807) is 26.4 Å². The molecule has 0 aliphatic rings. The topological polar surface area (TPSA) is 41.8 Å². The molecule has 2 rings (SSSR count). The van der Waals surface area contributed by atoms with Crippen LogP contribution in [-0.2, 0) is 26.3 Å². The van der Waals surface area contributed by atoms with Crippen molar-refractivity contribution in [1.82, 2.24) is 0 Å². The van der Waals surface area contributed by atoms with E-state index in [1.165, 1.54) is 0 Å². The van der Waals surface area contributed by atoms with Gasteiger partial charge in [0.1, 0.15) is 11.5 Å². The van der Waals surface area contributed by atoms with Crippen molar-refractivity contribution in [2.45, 2.75) is 19.3 Å². The van der Waals surface area contributed by atoms with Gasteiger partial charge in [0.2, 0.25) is 0 Å². The van der Waals surface area contributed by atoms with Gasteiger partial charge in [-0.15, -0.1) is 0 Å². The Morgan fingerprint density at radius 2 is 1.75 bits per heavy atom. The summed E-state index contributed by atoms with van der Waals surface area (Å²) in [5.74, 6) is 0.956. The monoisotopic (exact) mass is 443 g/mol. The number of methoxy groups -OCH3 is 1. The van der Waals surface area contributed by atoms with E-state index in [4.69, 9.17) is 21.8 Å². The fraction of sp³-hybridized carbons (Fsp3) is 0.278. The first-order chi connectivity index (χ1) is 11.4. The molecule has 0 atom stereocenters. The number of benzene rings is 2. The molecule has 0 unspecified atom stereocenters. The van der Waals surface area contributed by atoms with Gasteiger partial charge in [0.25, 0.3) is 0 Å². The zero-order chi connectivity index (χ0) is 18.2. The second-order valence-corrected chi connectivity index (χ2v) is 9.29. The molecule has 2 aromatic carbocycles. The third kappa shape index (κ3) is 5.34. The summed E-state index contributed by atoms with van der Waals surface area (Å²) in [5, 5.41) is 10.6. The summed E-state index contributed by atoms with van der Waals surface area (Å²) in [6, 6.07) is 13.8. The minimum absolute atomic E-state index is 0.246. The van der Waals surface area contributed by atoms with Crippen molar-refractivity contribution in [3.05, 3.63) is 59.2 Å². The second-order valence-electron chi connectivity index (χ2n) is 5.56. The normalized spacial score (nSPS) is 10.9. The molecule has 0 radical (unpaired) electrons. The Bertz CT molecular complexity index is 676. The van der Waals surface area contributed by atoms with Gasteiger partial charge in [0.15, 0.2) is 0 Å². The van der Waals surface area contributed by atoms with Gasteiger partial charge in [-0.1, -0.05) is 44.2 Å². The number of phenolic OH excluding ortho intramolecular Hbond substituents is 1. The summed E-state index contributed by atoms with van der Waals surface area (Å²) in [7, 11) is 13.2. The van der Waals surface area contributed by atoms with E-state index in [0.29, 0.717) is 11.3 Å². The Balaban J connectivity index is 0.000000891. The van der Waals surface area contributed by atoms with Gasteiger partial charge in [0, 0.05) is 29.8 Å². The Morgan fingerprint density at radius 1 is 1.17 bits per heavy atom. The number of halogens is 2. The molecule has 3 nitrogen and oxygen atoms in total. The van der Waals surface area contributed by atoms with Crippen LogP contribution < -0.4 is 4.74 Å². The first kappa shape index (κ1) is 21.2. The number of aromatic hydroxyl groups is 1. The zero-order valence-corrected chi connectivity index (χ0v) is 18.1. The van der Waals surface area contributed by atoms with Crippen molar-refractivity contribution in [1.29, 1.82) is 0 Å². The summed E-state index contributed by atoms with van der Waals surface area (Å²) in [6.45, 7) is 4.17. The number of ether oxygens (including phenoxy) is 1. The van der Waals surface area contributed by atoms with Gasteiger partial charge in [-0.3, -0.25) is 4.99 Å². The van der Waals surface area contributed by atoms with Crippen molar-refractivity contribution in [3.63, 3.8) is 0 Å². The van der Waals surface area contributed by atoms with Crippen LogP contribution in [0.2, 0.25) is 0 Å². The predicted octanol–water partition coefficient (Wildman–Crippen LogP) is 5.15. The molecule has 0 aromatic heterocycles. The van der Waals surface area contributed by atoms with Crippen LogP contribution in [0.25, 0.3) is 0 Å². The molecule has 0 spiro atoms. The quantitative estimate of drug-likeness (QED) is 0.662. The molecule has 0 aliphatic carbocycles. The van der Waals surface area contributed by atoms with Crippen LogP contribution in [-0.4, -0.2) is 25.5 Å². The predicted molar refractivity (Wildman–Crippen MR) is 98.5 cm³/mol. The van der Waals surface area contributed by atoms with Gasteiger partial charge >= 0.3 is 37.9 Å². The average molecular weight is 446 g/mol. The van der Waals surface area contributed by atoms with E-state index in [1.807, 2.05) is 24.3 Å². The molecule has 0 saturated heterocycles. The third-order valence-electron chi connectivity index (χ3n) is 3.79. The Morgan fingerprint density at radius 3 is 2.25 bits per heavy atom. The molecule has 0 fully saturated rings. The van der Waals surface area contributed by atoms with Crippen molar-refractivity contribution in [2.24, 2.45) is 4.99 Å². The van der Waals surface area contributed by atoms with E-state index in [0.717, 1.165) is 11.1 Å². The number of phenols is 1. The molecule has 0 aliphatic heterocycles. The van der Waals surface area contributed by atoms with E-state index in [-0.39, 0.29) is 11.2 Å². The molecule has 6 heteroatoms. The minimum atomic E-state index is -0.826. The van der Waals surface area contributed by atoms with Gasteiger partial charge in [-0.05, 0) is 17.7 Å². The van der Waals surface area contributed by atoms with Crippen molar-refractivity contribution in [2.75, 3.05) is 14.2 Å². The molecule has 24 heavy (non-hydrogen) atoms. The summed E-state index contributed by atoms with van der Waals surface area (Å²) in [4.78, 5) is 4.00.